The summed E-state index contributed by atoms with van der Waals surface area (Å²) in [5, 5.41) is 0.309. The van der Waals surface area contributed by atoms with E-state index < -0.39 is 0 Å². The second-order valence-corrected chi connectivity index (χ2v) is 5.52. The highest BCUT2D eigenvalue weighted by atomic mass is 32.2. The molecular weight excluding hydrogens is 196 g/mol. The number of ketones is 2. The number of rotatable bonds is 1. The molecule has 1 atom stereocenters. The van der Waals surface area contributed by atoms with Crippen LogP contribution in [0.4, 0.5) is 0 Å². The minimum absolute atomic E-state index is 0.209. The maximum absolute atomic E-state index is 11.7. The molecule has 2 rings (SSSR count). The summed E-state index contributed by atoms with van der Waals surface area (Å²) in [7, 11) is 0. The molecule has 78 valence electrons. The molecule has 0 amide bonds. The van der Waals surface area contributed by atoms with Gasteiger partial charge < -0.3 is 0 Å². The quantitative estimate of drug-likeness (QED) is 0.625. The monoisotopic (exact) mass is 212 g/mol. The number of carbonyl (C=O) groups is 2. The standard InChI is InChI=1S/C11H16O2S/c12-8-4-3-5-9(13)11(8)10-6-1-2-7-14-10/h10-11H,1-7H2. The van der Waals surface area contributed by atoms with E-state index in [9.17, 15) is 9.59 Å². The predicted molar refractivity (Wildman–Crippen MR) is 57.5 cm³/mol. The first-order chi connectivity index (χ1) is 6.79. The third-order valence-corrected chi connectivity index (χ3v) is 4.59. The number of hydrogen-bond acceptors (Lipinski definition) is 3. The van der Waals surface area contributed by atoms with Crippen molar-refractivity contribution in [1.82, 2.24) is 0 Å². The normalized spacial score (nSPS) is 30.7. The van der Waals surface area contributed by atoms with Gasteiger partial charge in [-0.05, 0) is 25.0 Å². The van der Waals surface area contributed by atoms with Gasteiger partial charge >= 0.3 is 0 Å². The van der Waals surface area contributed by atoms with Crippen LogP contribution in [-0.4, -0.2) is 22.6 Å². The molecule has 0 radical (unpaired) electrons. The highest BCUT2D eigenvalue weighted by Crippen LogP contribution is 2.34. The second-order valence-electron chi connectivity index (χ2n) is 4.17. The van der Waals surface area contributed by atoms with Crippen LogP contribution in [0.2, 0.25) is 0 Å². The lowest BCUT2D eigenvalue weighted by Gasteiger charge is -2.30. The summed E-state index contributed by atoms with van der Waals surface area (Å²) in [6.07, 6.45) is 5.55. The van der Waals surface area contributed by atoms with E-state index in [-0.39, 0.29) is 17.5 Å². The van der Waals surface area contributed by atoms with E-state index in [1.165, 1.54) is 12.8 Å². The number of hydrogen-bond donors (Lipinski definition) is 0. The maximum atomic E-state index is 11.7. The molecule has 0 aromatic carbocycles. The first-order valence-corrected chi connectivity index (χ1v) is 6.51. The summed E-state index contributed by atoms with van der Waals surface area (Å²) in [4.78, 5) is 23.3. The van der Waals surface area contributed by atoms with Crippen LogP contribution in [0.3, 0.4) is 0 Å². The third kappa shape index (κ3) is 2.02. The molecule has 3 heteroatoms. The second kappa shape index (κ2) is 4.47. The summed E-state index contributed by atoms with van der Waals surface area (Å²) in [6, 6.07) is 0. The lowest BCUT2D eigenvalue weighted by atomic mass is 9.83. The van der Waals surface area contributed by atoms with Crippen LogP contribution < -0.4 is 0 Å². The minimum Gasteiger partial charge on any atom is -0.299 e. The molecule has 1 aliphatic heterocycles. The fourth-order valence-corrected chi connectivity index (χ4v) is 3.87. The van der Waals surface area contributed by atoms with Crippen LogP contribution in [0.1, 0.15) is 38.5 Å². The summed E-state index contributed by atoms with van der Waals surface area (Å²) in [5.41, 5.74) is 0. The molecule has 0 bridgehead atoms. The van der Waals surface area contributed by atoms with Crippen molar-refractivity contribution in [2.45, 2.75) is 43.8 Å². The molecule has 1 saturated heterocycles. The van der Waals surface area contributed by atoms with Crippen molar-refractivity contribution in [3.8, 4) is 0 Å². The van der Waals surface area contributed by atoms with E-state index in [2.05, 4.69) is 0 Å². The first-order valence-electron chi connectivity index (χ1n) is 5.46. The zero-order valence-corrected chi connectivity index (χ0v) is 9.15. The van der Waals surface area contributed by atoms with Gasteiger partial charge in [0.05, 0.1) is 5.92 Å². The molecule has 1 heterocycles. The highest BCUT2D eigenvalue weighted by molar-refractivity contribution is 8.00. The largest absolute Gasteiger partial charge is 0.299 e. The average Bonchev–Trinajstić information content (AvgIpc) is 2.19. The first kappa shape index (κ1) is 10.2. The number of Topliss-reactive ketones (excluding diaryl/α,β-unsaturated/α-hetero) is 2. The molecule has 14 heavy (non-hydrogen) atoms. The summed E-state index contributed by atoms with van der Waals surface area (Å²) in [5.74, 6) is 1.30. The molecule has 1 unspecified atom stereocenters. The fourth-order valence-electron chi connectivity index (χ4n) is 2.37. The van der Waals surface area contributed by atoms with Gasteiger partial charge in [0, 0.05) is 18.1 Å². The summed E-state index contributed by atoms with van der Waals surface area (Å²) in [6.45, 7) is 0. The van der Waals surface area contributed by atoms with Gasteiger partial charge in [-0.25, -0.2) is 0 Å². The lowest BCUT2D eigenvalue weighted by molar-refractivity contribution is -0.135. The Morgan fingerprint density at radius 2 is 1.71 bits per heavy atom. The van der Waals surface area contributed by atoms with Gasteiger partial charge in [0.1, 0.15) is 11.6 Å². The van der Waals surface area contributed by atoms with Crippen LogP contribution >= 0.6 is 11.8 Å². The van der Waals surface area contributed by atoms with Crippen molar-refractivity contribution in [3.05, 3.63) is 0 Å². The highest BCUT2D eigenvalue weighted by Gasteiger charge is 2.37. The molecule has 2 nitrogen and oxygen atoms in total. The van der Waals surface area contributed by atoms with Crippen molar-refractivity contribution >= 4 is 23.3 Å². The SMILES string of the molecule is O=C1CCCC(=O)C1C1CCCCS1. The van der Waals surface area contributed by atoms with Crippen molar-refractivity contribution in [2.75, 3.05) is 5.75 Å². The van der Waals surface area contributed by atoms with Gasteiger partial charge in [0.2, 0.25) is 0 Å². The number of carbonyl (C=O) groups excluding carboxylic acids is 2. The molecule has 0 aromatic rings. The average molecular weight is 212 g/mol. The van der Waals surface area contributed by atoms with Gasteiger partial charge in [0.15, 0.2) is 0 Å². The van der Waals surface area contributed by atoms with Crippen LogP contribution in [0.15, 0.2) is 0 Å². The zero-order chi connectivity index (χ0) is 9.97. The Morgan fingerprint density at radius 1 is 1.00 bits per heavy atom. The van der Waals surface area contributed by atoms with Gasteiger partial charge in [-0.15, -0.1) is 0 Å². The predicted octanol–water partition coefficient (Wildman–Crippen LogP) is 2.21. The molecule has 0 spiro atoms. The minimum atomic E-state index is -0.242. The Kier molecular flexibility index (Phi) is 3.26. The third-order valence-electron chi connectivity index (χ3n) is 3.13. The maximum Gasteiger partial charge on any atom is 0.144 e. The van der Waals surface area contributed by atoms with Crippen LogP contribution in [-0.2, 0) is 9.59 Å². The Labute approximate surface area is 88.8 Å². The molecular formula is C11H16O2S. The molecule has 2 fully saturated rings. The lowest BCUT2D eigenvalue weighted by Crippen LogP contribution is -2.37. The van der Waals surface area contributed by atoms with E-state index in [1.807, 2.05) is 11.8 Å². The van der Waals surface area contributed by atoms with E-state index >= 15 is 0 Å². The Morgan fingerprint density at radius 3 is 2.29 bits per heavy atom. The van der Waals surface area contributed by atoms with Crippen molar-refractivity contribution in [2.24, 2.45) is 5.92 Å². The zero-order valence-electron chi connectivity index (χ0n) is 8.33. The van der Waals surface area contributed by atoms with Crippen molar-refractivity contribution in [1.29, 1.82) is 0 Å². The van der Waals surface area contributed by atoms with Crippen LogP contribution in [0.5, 0.6) is 0 Å². The topological polar surface area (TPSA) is 34.1 Å². The van der Waals surface area contributed by atoms with E-state index in [0.717, 1.165) is 18.6 Å². The van der Waals surface area contributed by atoms with Crippen LogP contribution in [0, 0.1) is 5.92 Å². The molecule has 2 aliphatic rings. The molecule has 0 aromatic heterocycles. The van der Waals surface area contributed by atoms with E-state index in [0.29, 0.717) is 18.1 Å². The van der Waals surface area contributed by atoms with Gasteiger partial charge in [-0.1, -0.05) is 6.42 Å². The Hall–Kier alpha value is -0.310. The fraction of sp³-hybridized carbons (Fsp3) is 0.818. The molecule has 0 N–H and O–H groups in total. The van der Waals surface area contributed by atoms with Gasteiger partial charge in [-0.2, -0.15) is 11.8 Å². The van der Waals surface area contributed by atoms with Crippen LogP contribution in [0.25, 0.3) is 0 Å². The van der Waals surface area contributed by atoms with Gasteiger partial charge in [-0.3, -0.25) is 9.59 Å². The van der Waals surface area contributed by atoms with Crippen molar-refractivity contribution < 1.29 is 9.59 Å². The Bertz CT molecular complexity index is 228. The number of thioether (sulfide) groups is 1. The Balaban J connectivity index is 2.05. The van der Waals surface area contributed by atoms with Crippen molar-refractivity contribution in [3.63, 3.8) is 0 Å². The van der Waals surface area contributed by atoms with E-state index in [1.54, 1.807) is 0 Å². The summed E-state index contributed by atoms with van der Waals surface area (Å²) >= 11 is 1.84. The molecule has 1 saturated carbocycles. The smallest absolute Gasteiger partial charge is 0.144 e. The van der Waals surface area contributed by atoms with Gasteiger partial charge in [0.25, 0.3) is 0 Å². The molecule has 1 aliphatic carbocycles. The van der Waals surface area contributed by atoms with E-state index in [4.69, 9.17) is 0 Å². The summed E-state index contributed by atoms with van der Waals surface area (Å²) < 4.78 is 0.